The highest BCUT2D eigenvalue weighted by Gasteiger charge is 2.37. The molecular formula is C17H22N4OS. The highest BCUT2D eigenvalue weighted by atomic mass is 32.1. The lowest BCUT2D eigenvalue weighted by Crippen LogP contribution is -2.34. The molecule has 1 saturated carbocycles. The van der Waals surface area contributed by atoms with Crippen LogP contribution in [0.4, 0.5) is 0 Å². The molecular weight excluding hydrogens is 308 g/mol. The molecule has 1 aromatic heterocycles. The van der Waals surface area contributed by atoms with Crippen LogP contribution in [0.15, 0.2) is 24.3 Å². The molecule has 2 unspecified atom stereocenters. The van der Waals surface area contributed by atoms with E-state index in [-0.39, 0.29) is 0 Å². The molecule has 2 fully saturated rings. The van der Waals surface area contributed by atoms with Crippen LogP contribution >= 0.6 is 12.2 Å². The van der Waals surface area contributed by atoms with Crippen LogP contribution in [-0.4, -0.2) is 38.9 Å². The lowest BCUT2D eigenvalue weighted by Gasteiger charge is -2.26. The highest BCUT2D eigenvalue weighted by Crippen LogP contribution is 2.37. The monoisotopic (exact) mass is 330 g/mol. The number of fused-ring (bicyclic) bond motifs is 2. The van der Waals surface area contributed by atoms with Gasteiger partial charge in [-0.05, 0) is 61.7 Å². The van der Waals surface area contributed by atoms with Gasteiger partial charge in [0, 0.05) is 25.2 Å². The Balaban J connectivity index is 1.60. The van der Waals surface area contributed by atoms with Crippen LogP contribution in [0.25, 0.3) is 11.4 Å². The molecule has 2 heterocycles. The van der Waals surface area contributed by atoms with Crippen molar-refractivity contribution in [3.05, 3.63) is 29.0 Å². The Morgan fingerprint density at radius 3 is 2.65 bits per heavy atom. The third kappa shape index (κ3) is 2.60. The quantitative estimate of drug-likeness (QED) is 0.807. The predicted molar refractivity (Wildman–Crippen MR) is 91.9 cm³/mol. The summed E-state index contributed by atoms with van der Waals surface area (Å²) in [5.41, 5.74) is 1.06. The third-order valence-corrected chi connectivity index (χ3v) is 5.71. The third-order valence-electron chi connectivity index (χ3n) is 5.23. The van der Waals surface area contributed by atoms with Gasteiger partial charge in [0.25, 0.3) is 0 Å². The van der Waals surface area contributed by atoms with E-state index in [4.69, 9.17) is 22.1 Å². The van der Waals surface area contributed by atoms with Gasteiger partial charge >= 0.3 is 0 Å². The maximum atomic E-state index is 5.60. The normalized spacial score (nSPS) is 23.6. The van der Waals surface area contributed by atoms with Gasteiger partial charge in [0.2, 0.25) is 0 Å². The van der Waals surface area contributed by atoms with Gasteiger partial charge in [-0.25, -0.2) is 4.68 Å². The molecule has 0 N–H and O–H groups in total. The van der Waals surface area contributed by atoms with Gasteiger partial charge in [-0.15, -0.1) is 0 Å². The number of aromatic nitrogens is 3. The lowest BCUT2D eigenvalue weighted by atomic mass is 10.1. The van der Waals surface area contributed by atoms with E-state index in [0.717, 1.165) is 40.5 Å². The second kappa shape index (κ2) is 5.76. The van der Waals surface area contributed by atoms with Gasteiger partial charge in [-0.2, -0.15) is 5.10 Å². The molecule has 1 aromatic carbocycles. The topological polar surface area (TPSA) is 35.2 Å². The van der Waals surface area contributed by atoms with Crippen molar-refractivity contribution in [1.82, 2.24) is 19.2 Å². The Hall–Kier alpha value is -1.66. The molecule has 122 valence electrons. The summed E-state index contributed by atoms with van der Waals surface area (Å²) in [6.45, 7) is 2.00. The van der Waals surface area contributed by atoms with Crippen molar-refractivity contribution in [1.29, 1.82) is 0 Å². The zero-order valence-electron chi connectivity index (χ0n) is 13.6. The van der Waals surface area contributed by atoms with Crippen LogP contribution in [0.3, 0.4) is 0 Å². The second-order valence-electron chi connectivity index (χ2n) is 6.64. The second-order valence-corrected chi connectivity index (χ2v) is 7.00. The average molecular weight is 330 g/mol. The number of methoxy groups -OCH3 is 1. The first-order valence-electron chi connectivity index (χ1n) is 8.18. The summed E-state index contributed by atoms with van der Waals surface area (Å²) in [5.74, 6) is 2.64. The van der Waals surface area contributed by atoms with Crippen LogP contribution in [0.1, 0.15) is 19.3 Å². The van der Waals surface area contributed by atoms with Crippen LogP contribution in [-0.2, 0) is 13.7 Å². The SMILES string of the molecule is COc1ccc(-c2nn(CN3CC4CCC3C4)c(=S)n2C)cc1. The van der Waals surface area contributed by atoms with Crippen molar-refractivity contribution in [2.45, 2.75) is 32.0 Å². The predicted octanol–water partition coefficient (Wildman–Crippen LogP) is 3.07. The van der Waals surface area contributed by atoms with E-state index in [1.165, 1.54) is 25.8 Å². The van der Waals surface area contributed by atoms with Crippen molar-refractivity contribution >= 4 is 12.2 Å². The molecule has 6 heteroatoms. The molecule has 5 nitrogen and oxygen atoms in total. The first-order valence-corrected chi connectivity index (χ1v) is 8.59. The van der Waals surface area contributed by atoms with Gasteiger partial charge in [-0.1, -0.05) is 0 Å². The smallest absolute Gasteiger partial charge is 0.199 e. The number of likely N-dealkylation sites (tertiary alicyclic amines) is 1. The number of hydrogen-bond donors (Lipinski definition) is 0. The summed E-state index contributed by atoms with van der Waals surface area (Å²) in [6.07, 6.45) is 4.08. The van der Waals surface area contributed by atoms with E-state index in [1.54, 1.807) is 7.11 Å². The van der Waals surface area contributed by atoms with E-state index in [9.17, 15) is 0 Å². The van der Waals surface area contributed by atoms with Gasteiger partial charge in [0.05, 0.1) is 13.8 Å². The molecule has 1 aliphatic heterocycles. The Bertz CT molecular complexity index is 764. The van der Waals surface area contributed by atoms with Crippen molar-refractivity contribution in [3.63, 3.8) is 0 Å². The molecule has 1 saturated heterocycles. The summed E-state index contributed by atoms with van der Waals surface area (Å²) in [7, 11) is 3.66. The first kappa shape index (κ1) is 14.9. The van der Waals surface area contributed by atoms with E-state index in [2.05, 4.69) is 4.90 Å². The van der Waals surface area contributed by atoms with E-state index in [0.29, 0.717) is 0 Å². The Morgan fingerprint density at radius 1 is 1.26 bits per heavy atom. The van der Waals surface area contributed by atoms with E-state index in [1.807, 2.05) is 40.6 Å². The minimum atomic E-state index is 0.730. The minimum absolute atomic E-state index is 0.730. The zero-order valence-corrected chi connectivity index (χ0v) is 14.4. The minimum Gasteiger partial charge on any atom is -0.497 e. The van der Waals surface area contributed by atoms with Crippen molar-refractivity contribution in [2.24, 2.45) is 13.0 Å². The molecule has 0 spiro atoms. The van der Waals surface area contributed by atoms with E-state index >= 15 is 0 Å². The van der Waals surface area contributed by atoms with Crippen LogP contribution in [0.5, 0.6) is 5.75 Å². The van der Waals surface area contributed by atoms with Crippen molar-refractivity contribution < 1.29 is 4.74 Å². The van der Waals surface area contributed by atoms with Gasteiger partial charge in [0.1, 0.15) is 5.75 Å². The molecule has 2 atom stereocenters. The van der Waals surface area contributed by atoms with Crippen molar-refractivity contribution in [2.75, 3.05) is 13.7 Å². The zero-order chi connectivity index (χ0) is 16.0. The lowest BCUT2D eigenvalue weighted by molar-refractivity contribution is 0.158. The fourth-order valence-corrected chi connectivity index (χ4v) is 4.13. The largest absolute Gasteiger partial charge is 0.497 e. The standard InChI is InChI=1S/C17H22N4OS/c1-19-16(13-4-7-15(22-2)8-5-13)18-21(17(19)23)11-20-10-12-3-6-14(20)9-12/h4-5,7-8,12,14H,3,6,9-11H2,1-2H3. The number of rotatable bonds is 4. The number of nitrogens with zero attached hydrogens (tertiary/aromatic N) is 4. The number of hydrogen-bond acceptors (Lipinski definition) is 4. The van der Waals surface area contributed by atoms with Gasteiger partial charge in [-0.3, -0.25) is 4.90 Å². The molecule has 23 heavy (non-hydrogen) atoms. The number of piperidine rings is 1. The fraction of sp³-hybridized carbons (Fsp3) is 0.529. The molecule has 0 amide bonds. The van der Waals surface area contributed by atoms with E-state index < -0.39 is 0 Å². The average Bonchev–Trinajstić information content (AvgIpc) is 3.26. The molecule has 2 aromatic rings. The maximum Gasteiger partial charge on any atom is 0.199 e. The van der Waals surface area contributed by atoms with Gasteiger partial charge < -0.3 is 9.30 Å². The highest BCUT2D eigenvalue weighted by molar-refractivity contribution is 7.71. The summed E-state index contributed by atoms with van der Waals surface area (Å²) in [6, 6.07) is 8.69. The summed E-state index contributed by atoms with van der Waals surface area (Å²) in [4.78, 5) is 2.54. The number of ether oxygens (including phenoxy) is 1. The van der Waals surface area contributed by atoms with Crippen LogP contribution in [0.2, 0.25) is 0 Å². The van der Waals surface area contributed by atoms with Crippen LogP contribution < -0.4 is 4.74 Å². The molecule has 1 aliphatic carbocycles. The Morgan fingerprint density at radius 2 is 2.04 bits per heavy atom. The fourth-order valence-electron chi connectivity index (χ4n) is 3.94. The number of benzene rings is 1. The summed E-state index contributed by atoms with van der Waals surface area (Å²) in [5, 5.41) is 4.78. The molecule has 4 rings (SSSR count). The molecule has 2 aliphatic rings. The summed E-state index contributed by atoms with van der Waals surface area (Å²) >= 11 is 5.60. The summed E-state index contributed by atoms with van der Waals surface area (Å²) < 4.78 is 9.96. The Labute approximate surface area is 141 Å². The Kier molecular flexibility index (Phi) is 3.73. The van der Waals surface area contributed by atoms with Gasteiger partial charge in [0.15, 0.2) is 10.6 Å². The first-order chi connectivity index (χ1) is 11.2. The van der Waals surface area contributed by atoms with Crippen LogP contribution in [0, 0.1) is 10.7 Å². The molecule has 0 radical (unpaired) electrons. The maximum absolute atomic E-state index is 5.60. The van der Waals surface area contributed by atoms with Crippen molar-refractivity contribution in [3.8, 4) is 17.1 Å². The molecule has 2 bridgehead atoms.